The number of nitrogens with one attached hydrogen (secondary N) is 1. The maximum Gasteiger partial charge on any atom is 0.293 e. The van der Waals surface area contributed by atoms with Crippen molar-refractivity contribution in [3.63, 3.8) is 0 Å². The summed E-state index contributed by atoms with van der Waals surface area (Å²) in [6.07, 6.45) is 1.55. The Bertz CT molecular complexity index is 1330. The van der Waals surface area contributed by atoms with E-state index in [0.29, 0.717) is 37.6 Å². The molecule has 0 atom stereocenters. The molecular weight excluding hydrogens is 476 g/mol. The molecule has 1 aliphatic heterocycles. The molecule has 1 saturated heterocycles. The van der Waals surface area contributed by atoms with Crippen LogP contribution in [0.2, 0.25) is 0 Å². The second-order valence-corrected chi connectivity index (χ2v) is 9.57. The normalized spacial score (nSPS) is 14.1. The van der Waals surface area contributed by atoms with Gasteiger partial charge in [-0.1, -0.05) is 6.07 Å². The van der Waals surface area contributed by atoms with E-state index in [0.717, 1.165) is 11.8 Å². The van der Waals surface area contributed by atoms with Crippen LogP contribution in [0.1, 0.15) is 5.69 Å². The van der Waals surface area contributed by atoms with Crippen molar-refractivity contribution in [3.05, 3.63) is 92.8 Å². The van der Waals surface area contributed by atoms with Crippen LogP contribution in [0.3, 0.4) is 0 Å². The lowest BCUT2D eigenvalue weighted by molar-refractivity contribution is -0.384. The van der Waals surface area contributed by atoms with Crippen LogP contribution < -0.4 is 14.5 Å². The van der Waals surface area contributed by atoms with Gasteiger partial charge in [0.15, 0.2) is 0 Å². The molecule has 0 unspecified atom stereocenters. The van der Waals surface area contributed by atoms with Crippen LogP contribution in [0.15, 0.2) is 71.8 Å². The number of aromatic nitrogens is 1. The van der Waals surface area contributed by atoms with E-state index in [9.17, 15) is 28.6 Å². The molecule has 1 aliphatic rings. The maximum atomic E-state index is 12.7. The fourth-order valence-corrected chi connectivity index (χ4v) is 4.85. The predicted octanol–water partition coefficient (Wildman–Crippen LogP) is 2.70. The Balaban J connectivity index is 1.47. The van der Waals surface area contributed by atoms with E-state index < -0.39 is 19.9 Å². The summed E-state index contributed by atoms with van der Waals surface area (Å²) in [5, 5.41) is 22.6. The molecule has 2 heterocycles. The van der Waals surface area contributed by atoms with Crippen LogP contribution in [0.5, 0.6) is 0 Å². The summed E-state index contributed by atoms with van der Waals surface area (Å²) < 4.78 is 27.8. The van der Waals surface area contributed by atoms with Crippen molar-refractivity contribution in [2.75, 3.05) is 36.0 Å². The summed E-state index contributed by atoms with van der Waals surface area (Å²) in [5.41, 5.74) is 1.39. The minimum atomic E-state index is -3.99. The highest BCUT2D eigenvalue weighted by Gasteiger charge is 2.27. The zero-order valence-corrected chi connectivity index (χ0v) is 19.3. The number of piperazine rings is 1. The Morgan fingerprint density at radius 3 is 2.17 bits per heavy atom. The fourth-order valence-electron chi connectivity index (χ4n) is 3.83. The topological polar surface area (TPSA) is 152 Å². The maximum absolute atomic E-state index is 12.7. The molecule has 0 amide bonds. The summed E-state index contributed by atoms with van der Waals surface area (Å²) in [5.74, 6) is 0. The van der Waals surface area contributed by atoms with Gasteiger partial charge in [-0.15, -0.1) is 0 Å². The molecule has 0 aliphatic carbocycles. The lowest BCUT2D eigenvalue weighted by atomic mass is 10.2. The van der Waals surface area contributed by atoms with Crippen LogP contribution in [-0.4, -0.2) is 49.4 Å². The van der Waals surface area contributed by atoms with Gasteiger partial charge in [0.1, 0.15) is 5.69 Å². The largest absolute Gasteiger partial charge is 0.368 e. The third-order valence-electron chi connectivity index (χ3n) is 5.67. The van der Waals surface area contributed by atoms with Gasteiger partial charge in [0.05, 0.1) is 27.0 Å². The molecule has 0 bridgehead atoms. The third-order valence-corrected chi connectivity index (χ3v) is 7.07. The molecule has 2 aromatic carbocycles. The van der Waals surface area contributed by atoms with Gasteiger partial charge in [0.25, 0.3) is 11.4 Å². The SMILES string of the molecule is O=[N+]([O-])c1ccc(N2CCN(c3ccc(S(=O)(=O)NCc4ccccn4)cc3[N+](=O)[O-])CC2)cc1. The zero-order chi connectivity index (χ0) is 25.0. The number of non-ortho nitro benzene ring substituents is 1. The standard InChI is InChI=1S/C22H22N6O6S/c29-27(30)19-6-4-18(5-7-19)25-11-13-26(14-12-25)21-9-8-20(15-22(21)28(31)32)35(33,34)24-16-17-3-1-2-10-23-17/h1-10,15,24H,11-14,16H2. The summed E-state index contributed by atoms with van der Waals surface area (Å²) in [4.78, 5) is 29.3. The van der Waals surface area contributed by atoms with E-state index >= 15 is 0 Å². The van der Waals surface area contributed by atoms with Crippen molar-refractivity contribution in [1.29, 1.82) is 0 Å². The summed E-state index contributed by atoms with van der Waals surface area (Å²) in [7, 11) is -3.99. The minimum absolute atomic E-state index is 0.00701. The Morgan fingerprint density at radius 1 is 0.886 bits per heavy atom. The van der Waals surface area contributed by atoms with Gasteiger partial charge >= 0.3 is 0 Å². The monoisotopic (exact) mass is 498 g/mol. The number of benzene rings is 2. The van der Waals surface area contributed by atoms with E-state index in [1.165, 1.54) is 24.3 Å². The summed E-state index contributed by atoms with van der Waals surface area (Å²) >= 11 is 0. The number of nitrogens with zero attached hydrogens (tertiary/aromatic N) is 5. The lowest BCUT2D eigenvalue weighted by Gasteiger charge is -2.37. The zero-order valence-electron chi connectivity index (χ0n) is 18.5. The number of pyridine rings is 1. The number of anilines is 2. The fraction of sp³-hybridized carbons (Fsp3) is 0.227. The average Bonchev–Trinajstić information content (AvgIpc) is 2.88. The molecule has 0 radical (unpaired) electrons. The lowest BCUT2D eigenvalue weighted by Crippen LogP contribution is -2.46. The average molecular weight is 499 g/mol. The second-order valence-electron chi connectivity index (χ2n) is 7.80. The van der Waals surface area contributed by atoms with E-state index in [-0.39, 0.29) is 22.8 Å². The highest BCUT2D eigenvalue weighted by atomic mass is 32.2. The van der Waals surface area contributed by atoms with Crippen LogP contribution in [0, 0.1) is 20.2 Å². The van der Waals surface area contributed by atoms with E-state index in [4.69, 9.17) is 0 Å². The van der Waals surface area contributed by atoms with Crippen molar-refractivity contribution < 1.29 is 18.3 Å². The van der Waals surface area contributed by atoms with Crippen molar-refractivity contribution in [2.24, 2.45) is 0 Å². The second kappa shape index (κ2) is 10.0. The number of hydrogen-bond donors (Lipinski definition) is 1. The number of sulfonamides is 1. The first-order chi connectivity index (χ1) is 16.7. The Kier molecular flexibility index (Phi) is 6.89. The van der Waals surface area contributed by atoms with E-state index in [1.54, 1.807) is 36.5 Å². The Labute approximate surface area is 201 Å². The molecule has 13 heteroatoms. The first kappa shape index (κ1) is 24.0. The number of hydrogen-bond acceptors (Lipinski definition) is 9. The van der Waals surface area contributed by atoms with Gasteiger partial charge in [0, 0.05) is 56.3 Å². The molecule has 4 rings (SSSR count). The van der Waals surface area contributed by atoms with Crippen LogP contribution in [-0.2, 0) is 16.6 Å². The molecule has 0 saturated carbocycles. The molecule has 182 valence electrons. The van der Waals surface area contributed by atoms with Gasteiger partial charge < -0.3 is 9.80 Å². The van der Waals surface area contributed by atoms with Crippen molar-refractivity contribution >= 4 is 32.8 Å². The smallest absolute Gasteiger partial charge is 0.293 e. The van der Waals surface area contributed by atoms with Crippen molar-refractivity contribution in [2.45, 2.75) is 11.4 Å². The van der Waals surface area contributed by atoms with Crippen molar-refractivity contribution in [3.8, 4) is 0 Å². The third kappa shape index (κ3) is 5.53. The van der Waals surface area contributed by atoms with Gasteiger partial charge in [-0.25, -0.2) is 13.1 Å². The molecule has 35 heavy (non-hydrogen) atoms. The summed E-state index contributed by atoms with van der Waals surface area (Å²) in [6.45, 7) is 1.97. The van der Waals surface area contributed by atoms with Crippen LogP contribution >= 0.6 is 0 Å². The minimum Gasteiger partial charge on any atom is -0.368 e. The number of rotatable bonds is 8. The Hall–Kier alpha value is -4.10. The molecule has 12 nitrogen and oxygen atoms in total. The number of nitro groups is 2. The summed E-state index contributed by atoms with van der Waals surface area (Å²) in [6, 6.07) is 15.2. The predicted molar refractivity (Wildman–Crippen MR) is 129 cm³/mol. The quantitative estimate of drug-likeness (QED) is 0.365. The molecule has 1 fully saturated rings. The first-order valence-electron chi connectivity index (χ1n) is 10.7. The molecule has 1 N–H and O–H groups in total. The molecule has 3 aromatic rings. The molecule has 1 aromatic heterocycles. The van der Waals surface area contributed by atoms with Gasteiger partial charge in [-0.05, 0) is 36.4 Å². The van der Waals surface area contributed by atoms with E-state index in [1.807, 2.05) is 9.80 Å². The number of nitro benzene ring substituents is 2. The van der Waals surface area contributed by atoms with Crippen LogP contribution in [0.25, 0.3) is 0 Å². The highest BCUT2D eigenvalue weighted by Crippen LogP contribution is 2.32. The van der Waals surface area contributed by atoms with Gasteiger partial charge in [-0.2, -0.15) is 0 Å². The van der Waals surface area contributed by atoms with Gasteiger partial charge in [0.2, 0.25) is 10.0 Å². The highest BCUT2D eigenvalue weighted by molar-refractivity contribution is 7.89. The van der Waals surface area contributed by atoms with Gasteiger partial charge in [-0.3, -0.25) is 25.2 Å². The first-order valence-corrected chi connectivity index (χ1v) is 12.2. The van der Waals surface area contributed by atoms with Crippen molar-refractivity contribution in [1.82, 2.24) is 9.71 Å². The molecule has 0 spiro atoms. The molecular formula is C22H22N6O6S. The Morgan fingerprint density at radius 2 is 1.57 bits per heavy atom. The van der Waals surface area contributed by atoms with Crippen LogP contribution in [0.4, 0.5) is 22.7 Å². The van der Waals surface area contributed by atoms with E-state index in [2.05, 4.69) is 9.71 Å².